The molecule has 0 radical (unpaired) electrons. The van der Waals surface area contributed by atoms with Crippen molar-refractivity contribution in [3.8, 4) is 0 Å². The van der Waals surface area contributed by atoms with Crippen LogP contribution in [-0.2, 0) is 0 Å². The van der Waals surface area contributed by atoms with Crippen LogP contribution in [0.4, 0.5) is 5.69 Å². The number of thiocarbonyl (C=S) groups is 1. The molecule has 0 aromatic heterocycles. The van der Waals surface area contributed by atoms with E-state index in [4.69, 9.17) is 28.8 Å². The predicted octanol–water partition coefficient (Wildman–Crippen LogP) is 8.41. The van der Waals surface area contributed by atoms with Gasteiger partial charge in [0.2, 0.25) is 0 Å². The molecule has 1 heterocycles. The number of thioether (sulfide) groups is 1. The number of nitrogens with zero attached hydrogens (tertiary/aromatic N) is 2. The van der Waals surface area contributed by atoms with Crippen molar-refractivity contribution in [2.45, 2.75) is 79.2 Å². The van der Waals surface area contributed by atoms with Gasteiger partial charge in [0.05, 0.1) is 6.04 Å². The molecule has 3 nitrogen and oxygen atoms in total. The molecular weight excluding hydrogens is 454 g/mol. The Morgan fingerprint density at radius 1 is 1.31 bits per heavy atom. The summed E-state index contributed by atoms with van der Waals surface area (Å²) in [7, 11) is 0. The number of benzene rings is 1. The third-order valence-electron chi connectivity index (χ3n) is 6.10. The van der Waals surface area contributed by atoms with Gasteiger partial charge < -0.3 is 5.32 Å². The standard InChI is InChI=1S/C26H40ClN3S2/c1-6-9-12-19(4)17-21(11-7-2)24(8-3)20(5)28-26-30(15-16-32-26)25(31)29-23-14-10-13-22(27)18-23/h10,13-14,17-18,20-21,24H,6-9,11-12,15-16H2,1-5H3,(H,29,31). The number of rotatable bonds is 11. The minimum Gasteiger partial charge on any atom is -0.332 e. The lowest BCUT2D eigenvalue weighted by Crippen LogP contribution is -2.36. The van der Waals surface area contributed by atoms with Crippen LogP contribution in [0.25, 0.3) is 0 Å². The lowest BCUT2D eigenvalue weighted by Gasteiger charge is -2.29. The van der Waals surface area contributed by atoms with Crippen molar-refractivity contribution in [2.75, 3.05) is 17.6 Å². The second kappa shape index (κ2) is 14.3. The summed E-state index contributed by atoms with van der Waals surface area (Å²) in [6.07, 6.45) is 9.85. The summed E-state index contributed by atoms with van der Waals surface area (Å²) in [5, 5.41) is 5.76. The van der Waals surface area contributed by atoms with E-state index in [1.54, 1.807) is 11.8 Å². The number of nitrogens with one attached hydrogen (secondary N) is 1. The van der Waals surface area contributed by atoms with E-state index in [1.807, 2.05) is 24.3 Å². The molecule has 2 rings (SSSR count). The maximum Gasteiger partial charge on any atom is 0.179 e. The van der Waals surface area contributed by atoms with Gasteiger partial charge in [0, 0.05) is 23.0 Å². The Morgan fingerprint density at radius 3 is 2.75 bits per heavy atom. The molecule has 1 aliphatic rings. The molecule has 6 heteroatoms. The predicted molar refractivity (Wildman–Crippen MR) is 149 cm³/mol. The van der Waals surface area contributed by atoms with Crippen LogP contribution in [0.1, 0.15) is 73.1 Å². The van der Waals surface area contributed by atoms with Crippen molar-refractivity contribution in [3.63, 3.8) is 0 Å². The first kappa shape index (κ1) is 27.2. The van der Waals surface area contributed by atoms with Crippen molar-refractivity contribution in [1.29, 1.82) is 0 Å². The van der Waals surface area contributed by atoms with E-state index < -0.39 is 0 Å². The Labute approximate surface area is 210 Å². The number of aliphatic imine (C=N–C) groups is 1. The first-order chi connectivity index (χ1) is 15.4. The number of anilines is 1. The van der Waals surface area contributed by atoms with Crippen LogP contribution in [0.5, 0.6) is 0 Å². The summed E-state index contributed by atoms with van der Waals surface area (Å²) < 4.78 is 0. The van der Waals surface area contributed by atoms with Gasteiger partial charge in [-0.2, -0.15) is 0 Å². The first-order valence-corrected chi connectivity index (χ1v) is 13.9. The average Bonchev–Trinajstić information content (AvgIpc) is 3.21. The molecule has 1 saturated heterocycles. The quantitative estimate of drug-likeness (QED) is 0.247. The van der Waals surface area contributed by atoms with Crippen molar-refractivity contribution in [2.24, 2.45) is 16.8 Å². The van der Waals surface area contributed by atoms with Gasteiger partial charge in [0.1, 0.15) is 0 Å². The molecule has 0 bridgehead atoms. The van der Waals surface area contributed by atoms with Crippen LogP contribution in [0.3, 0.4) is 0 Å². The Bertz CT molecular complexity index is 793. The van der Waals surface area contributed by atoms with Crippen molar-refractivity contribution in [3.05, 3.63) is 40.9 Å². The minimum atomic E-state index is 0.254. The Balaban J connectivity index is 2.14. The number of allylic oxidation sites excluding steroid dienone is 2. The molecule has 32 heavy (non-hydrogen) atoms. The van der Waals surface area contributed by atoms with Crippen LogP contribution in [0, 0.1) is 11.8 Å². The average molecular weight is 494 g/mol. The molecule has 0 aliphatic carbocycles. The van der Waals surface area contributed by atoms with E-state index in [1.165, 1.54) is 37.7 Å². The van der Waals surface area contributed by atoms with Gasteiger partial charge in [-0.3, -0.25) is 9.89 Å². The van der Waals surface area contributed by atoms with Gasteiger partial charge in [-0.1, -0.05) is 81.1 Å². The van der Waals surface area contributed by atoms with Gasteiger partial charge in [-0.25, -0.2) is 0 Å². The van der Waals surface area contributed by atoms with Gasteiger partial charge in [0.25, 0.3) is 0 Å². The molecule has 1 N–H and O–H groups in total. The van der Waals surface area contributed by atoms with Crippen molar-refractivity contribution in [1.82, 2.24) is 4.90 Å². The van der Waals surface area contributed by atoms with E-state index in [2.05, 4.69) is 50.9 Å². The monoisotopic (exact) mass is 493 g/mol. The van der Waals surface area contributed by atoms with Crippen LogP contribution in [0.2, 0.25) is 5.02 Å². The number of unbranched alkanes of at least 4 members (excludes halogenated alkanes) is 1. The Hall–Kier alpha value is -1.04. The third-order valence-corrected chi connectivity index (χ3v) is 7.63. The molecule has 1 aromatic carbocycles. The van der Waals surface area contributed by atoms with Crippen LogP contribution >= 0.6 is 35.6 Å². The normalized spacial score (nSPS) is 18.6. The zero-order valence-electron chi connectivity index (χ0n) is 20.4. The summed E-state index contributed by atoms with van der Waals surface area (Å²) in [5.74, 6) is 2.13. The SMILES string of the molecule is CCCCC(C)=CC(CCC)C(CC)C(C)N=C1SCCN1C(=S)Nc1cccc(Cl)c1. The molecule has 0 spiro atoms. The lowest BCUT2D eigenvalue weighted by molar-refractivity contribution is 0.313. The summed E-state index contributed by atoms with van der Waals surface area (Å²) in [5.41, 5.74) is 2.45. The molecule has 3 atom stereocenters. The highest BCUT2D eigenvalue weighted by molar-refractivity contribution is 8.14. The maximum absolute atomic E-state index is 6.13. The topological polar surface area (TPSA) is 27.6 Å². The summed E-state index contributed by atoms with van der Waals surface area (Å²) in [6.45, 7) is 12.3. The maximum atomic E-state index is 6.13. The zero-order chi connectivity index (χ0) is 23.5. The van der Waals surface area contributed by atoms with E-state index >= 15 is 0 Å². The van der Waals surface area contributed by atoms with E-state index in [0.717, 1.165) is 29.6 Å². The number of halogens is 1. The van der Waals surface area contributed by atoms with Crippen LogP contribution in [-0.4, -0.2) is 33.5 Å². The van der Waals surface area contributed by atoms with E-state index in [0.29, 0.717) is 22.0 Å². The number of hydrogen-bond acceptors (Lipinski definition) is 3. The fourth-order valence-corrected chi connectivity index (χ4v) is 5.96. The molecule has 0 amide bonds. The highest BCUT2D eigenvalue weighted by Gasteiger charge is 2.28. The van der Waals surface area contributed by atoms with Gasteiger partial charge in [0.15, 0.2) is 10.3 Å². The van der Waals surface area contributed by atoms with Crippen molar-refractivity contribution >= 4 is 51.5 Å². The van der Waals surface area contributed by atoms with E-state index in [9.17, 15) is 0 Å². The van der Waals surface area contributed by atoms with Gasteiger partial charge >= 0.3 is 0 Å². The molecule has 0 saturated carbocycles. The third kappa shape index (κ3) is 8.39. The Morgan fingerprint density at radius 2 is 2.09 bits per heavy atom. The molecule has 178 valence electrons. The van der Waals surface area contributed by atoms with E-state index in [-0.39, 0.29) is 6.04 Å². The fourth-order valence-electron chi connectivity index (χ4n) is 4.38. The second-order valence-corrected chi connectivity index (χ2v) is 10.6. The van der Waals surface area contributed by atoms with Crippen LogP contribution in [0.15, 0.2) is 40.9 Å². The minimum absolute atomic E-state index is 0.254. The zero-order valence-corrected chi connectivity index (χ0v) is 22.8. The van der Waals surface area contributed by atoms with Crippen molar-refractivity contribution < 1.29 is 0 Å². The summed E-state index contributed by atoms with van der Waals surface area (Å²) >= 11 is 13.7. The summed E-state index contributed by atoms with van der Waals surface area (Å²) in [6, 6.07) is 7.93. The second-order valence-electron chi connectivity index (χ2n) is 8.73. The highest BCUT2D eigenvalue weighted by Crippen LogP contribution is 2.31. The Kier molecular flexibility index (Phi) is 12.1. The first-order valence-electron chi connectivity index (χ1n) is 12.1. The molecule has 3 unspecified atom stereocenters. The molecule has 1 fully saturated rings. The molecule has 1 aliphatic heterocycles. The number of amidine groups is 1. The smallest absolute Gasteiger partial charge is 0.179 e. The van der Waals surface area contributed by atoms with Crippen LogP contribution < -0.4 is 5.32 Å². The van der Waals surface area contributed by atoms with Gasteiger partial charge in [-0.15, -0.1) is 0 Å². The molecule has 1 aromatic rings. The summed E-state index contributed by atoms with van der Waals surface area (Å²) in [4.78, 5) is 7.34. The lowest BCUT2D eigenvalue weighted by atomic mass is 9.80. The number of hydrogen-bond donors (Lipinski definition) is 1. The van der Waals surface area contributed by atoms with Gasteiger partial charge in [-0.05, 0) is 75.4 Å². The highest BCUT2D eigenvalue weighted by atomic mass is 35.5. The fraction of sp³-hybridized carbons (Fsp3) is 0.615. The molecular formula is C26H40ClN3S2. The largest absolute Gasteiger partial charge is 0.332 e.